The molecule has 4 rings (SSSR count). The number of benzene rings is 2. The number of aromatic amines is 1. The zero-order valence-corrected chi connectivity index (χ0v) is 17.1. The number of hydrogen-bond acceptors (Lipinski definition) is 4. The normalized spacial score (nSPS) is 14.8. The molecule has 1 fully saturated rings. The summed E-state index contributed by atoms with van der Waals surface area (Å²) in [4.78, 5) is 24.9. The molecule has 1 N–H and O–H groups in total. The SMILES string of the molecule is Cc1ccc(OCCC(=O)N2CCCN(c3nc4ccccc4[nH]3)CC2)c(C)c1. The molecule has 152 valence electrons. The zero-order valence-electron chi connectivity index (χ0n) is 17.1. The highest BCUT2D eigenvalue weighted by Gasteiger charge is 2.21. The number of fused-ring (bicyclic) bond motifs is 1. The van der Waals surface area contributed by atoms with E-state index in [0.717, 1.165) is 54.3 Å². The first-order valence-corrected chi connectivity index (χ1v) is 10.3. The van der Waals surface area contributed by atoms with E-state index in [2.05, 4.69) is 22.9 Å². The highest BCUT2D eigenvalue weighted by Crippen LogP contribution is 2.20. The van der Waals surface area contributed by atoms with Gasteiger partial charge >= 0.3 is 0 Å². The second-order valence-corrected chi connectivity index (χ2v) is 7.67. The van der Waals surface area contributed by atoms with Gasteiger partial charge in [-0.25, -0.2) is 4.98 Å². The van der Waals surface area contributed by atoms with E-state index in [-0.39, 0.29) is 5.91 Å². The van der Waals surface area contributed by atoms with Gasteiger partial charge in [0.1, 0.15) is 5.75 Å². The molecule has 0 saturated carbocycles. The largest absolute Gasteiger partial charge is 0.493 e. The average Bonchev–Trinajstić information content (AvgIpc) is 2.98. The molecule has 0 unspecified atom stereocenters. The van der Waals surface area contributed by atoms with Crippen LogP contribution < -0.4 is 9.64 Å². The third-order valence-corrected chi connectivity index (χ3v) is 5.43. The Kier molecular flexibility index (Phi) is 5.69. The van der Waals surface area contributed by atoms with Crippen LogP contribution in [0.4, 0.5) is 5.95 Å². The molecular weight excluding hydrogens is 364 g/mol. The molecular formula is C23H28N4O2. The molecule has 0 bridgehead atoms. The number of hydrogen-bond donors (Lipinski definition) is 1. The van der Waals surface area contributed by atoms with E-state index in [0.29, 0.717) is 19.6 Å². The van der Waals surface area contributed by atoms with Gasteiger partial charge < -0.3 is 19.5 Å². The third-order valence-electron chi connectivity index (χ3n) is 5.43. The van der Waals surface area contributed by atoms with Gasteiger partial charge in [-0.1, -0.05) is 29.8 Å². The first kappa shape index (κ1) is 19.3. The predicted octanol–water partition coefficient (Wildman–Crippen LogP) is 3.69. The third kappa shape index (κ3) is 4.53. The van der Waals surface area contributed by atoms with E-state index in [4.69, 9.17) is 9.72 Å². The van der Waals surface area contributed by atoms with Crippen LogP contribution in [-0.2, 0) is 4.79 Å². The molecule has 1 aromatic heterocycles. The van der Waals surface area contributed by atoms with Crippen molar-refractivity contribution in [2.75, 3.05) is 37.7 Å². The minimum absolute atomic E-state index is 0.154. The van der Waals surface area contributed by atoms with Crippen molar-refractivity contribution in [1.82, 2.24) is 14.9 Å². The Morgan fingerprint density at radius 1 is 1.10 bits per heavy atom. The molecule has 1 aliphatic rings. The number of amides is 1. The number of carbonyl (C=O) groups is 1. The Bertz CT molecular complexity index is 964. The van der Waals surface area contributed by atoms with E-state index in [1.807, 2.05) is 48.2 Å². The minimum Gasteiger partial charge on any atom is -0.493 e. The maximum atomic E-state index is 12.7. The van der Waals surface area contributed by atoms with E-state index in [1.165, 1.54) is 5.56 Å². The van der Waals surface area contributed by atoms with Crippen LogP contribution in [0.2, 0.25) is 0 Å². The lowest BCUT2D eigenvalue weighted by Crippen LogP contribution is -2.36. The van der Waals surface area contributed by atoms with Gasteiger partial charge in [-0.2, -0.15) is 0 Å². The van der Waals surface area contributed by atoms with Crippen molar-refractivity contribution in [2.24, 2.45) is 0 Å². The van der Waals surface area contributed by atoms with Crippen LogP contribution in [0.25, 0.3) is 11.0 Å². The molecule has 0 spiro atoms. The Morgan fingerprint density at radius 2 is 1.97 bits per heavy atom. The van der Waals surface area contributed by atoms with Crippen molar-refractivity contribution >= 4 is 22.9 Å². The summed E-state index contributed by atoms with van der Waals surface area (Å²) in [5.41, 5.74) is 4.34. The molecule has 1 saturated heterocycles. The van der Waals surface area contributed by atoms with Crippen LogP contribution in [0.15, 0.2) is 42.5 Å². The number of imidazole rings is 1. The fraction of sp³-hybridized carbons (Fsp3) is 0.391. The molecule has 1 aliphatic heterocycles. The molecule has 1 amide bonds. The number of nitrogens with one attached hydrogen (secondary N) is 1. The van der Waals surface area contributed by atoms with E-state index < -0.39 is 0 Å². The summed E-state index contributed by atoms with van der Waals surface area (Å²) in [7, 11) is 0. The van der Waals surface area contributed by atoms with Gasteiger partial charge in [0.05, 0.1) is 24.1 Å². The Labute approximate surface area is 171 Å². The molecule has 0 aliphatic carbocycles. The topological polar surface area (TPSA) is 61.5 Å². The van der Waals surface area contributed by atoms with Gasteiger partial charge in [0, 0.05) is 26.2 Å². The average molecular weight is 393 g/mol. The number of H-pyrrole nitrogens is 1. The molecule has 6 heteroatoms. The van der Waals surface area contributed by atoms with Crippen LogP contribution in [0, 0.1) is 13.8 Å². The summed E-state index contributed by atoms with van der Waals surface area (Å²) < 4.78 is 5.84. The number of anilines is 1. The lowest BCUT2D eigenvalue weighted by molar-refractivity contribution is -0.131. The fourth-order valence-electron chi connectivity index (χ4n) is 3.84. The van der Waals surface area contributed by atoms with Crippen molar-refractivity contribution < 1.29 is 9.53 Å². The number of aryl methyl sites for hydroxylation is 2. The standard InChI is InChI=1S/C23H28N4O2/c1-17-8-9-21(18(2)16-17)29-15-10-22(28)26-11-5-12-27(14-13-26)23-24-19-6-3-4-7-20(19)25-23/h3-4,6-9,16H,5,10-15H2,1-2H3,(H,24,25). The molecule has 0 radical (unpaired) electrons. The van der Waals surface area contributed by atoms with Crippen molar-refractivity contribution in [3.8, 4) is 5.75 Å². The Morgan fingerprint density at radius 3 is 2.79 bits per heavy atom. The Balaban J connectivity index is 1.30. The number of carbonyl (C=O) groups excluding carboxylic acids is 1. The summed E-state index contributed by atoms with van der Waals surface area (Å²) in [5.74, 6) is 1.90. The maximum Gasteiger partial charge on any atom is 0.226 e. The van der Waals surface area contributed by atoms with Gasteiger partial charge in [-0.3, -0.25) is 4.79 Å². The number of nitrogens with zero attached hydrogens (tertiary/aromatic N) is 3. The van der Waals surface area contributed by atoms with Gasteiger partial charge in [0.2, 0.25) is 11.9 Å². The minimum atomic E-state index is 0.154. The highest BCUT2D eigenvalue weighted by atomic mass is 16.5. The van der Waals surface area contributed by atoms with Crippen LogP contribution in [0.5, 0.6) is 5.75 Å². The second-order valence-electron chi connectivity index (χ2n) is 7.67. The molecule has 29 heavy (non-hydrogen) atoms. The summed E-state index contributed by atoms with van der Waals surface area (Å²) in [5, 5.41) is 0. The van der Waals surface area contributed by atoms with Crippen LogP contribution >= 0.6 is 0 Å². The van der Waals surface area contributed by atoms with E-state index in [9.17, 15) is 4.79 Å². The van der Waals surface area contributed by atoms with Gasteiger partial charge in [-0.15, -0.1) is 0 Å². The summed E-state index contributed by atoms with van der Waals surface area (Å²) >= 11 is 0. The van der Waals surface area contributed by atoms with E-state index in [1.54, 1.807) is 0 Å². The quantitative estimate of drug-likeness (QED) is 0.719. The number of para-hydroxylation sites is 2. The zero-order chi connectivity index (χ0) is 20.2. The number of ether oxygens (including phenoxy) is 1. The molecule has 2 heterocycles. The Hall–Kier alpha value is -3.02. The van der Waals surface area contributed by atoms with Gasteiger partial charge in [0.25, 0.3) is 0 Å². The van der Waals surface area contributed by atoms with Crippen molar-refractivity contribution in [3.63, 3.8) is 0 Å². The first-order valence-electron chi connectivity index (χ1n) is 10.3. The van der Waals surface area contributed by atoms with E-state index >= 15 is 0 Å². The maximum absolute atomic E-state index is 12.7. The first-order chi connectivity index (χ1) is 14.1. The summed E-state index contributed by atoms with van der Waals surface area (Å²) in [6.07, 6.45) is 1.33. The predicted molar refractivity (Wildman–Crippen MR) is 116 cm³/mol. The van der Waals surface area contributed by atoms with Crippen molar-refractivity contribution in [1.29, 1.82) is 0 Å². The van der Waals surface area contributed by atoms with Crippen molar-refractivity contribution in [3.05, 3.63) is 53.6 Å². The smallest absolute Gasteiger partial charge is 0.226 e. The van der Waals surface area contributed by atoms with Crippen LogP contribution in [0.3, 0.4) is 0 Å². The lowest BCUT2D eigenvalue weighted by Gasteiger charge is -2.22. The van der Waals surface area contributed by atoms with Crippen LogP contribution in [-0.4, -0.2) is 53.6 Å². The molecule has 6 nitrogen and oxygen atoms in total. The molecule has 3 aromatic rings. The summed E-state index contributed by atoms with van der Waals surface area (Å²) in [6, 6.07) is 14.2. The van der Waals surface area contributed by atoms with Crippen molar-refractivity contribution in [2.45, 2.75) is 26.7 Å². The lowest BCUT2D eigenvalue weighted by atomic mass is 10.1. The second kappa shape index (κ2) is 8.55. The summed E-state index contributed by atoms with van der Waals surface area (Å²) in [6.45, 7) is 7.66. The fourth-order valence-corrected chi connectivity index (χ4v) is 3.84. The number of aromatic nitrogens is 2. The molecule has 2 aromatic carbocycles. The van der Waals surface area contributed by atoms with Gasteiger partial charge in [-0.05, 0) is 44.0 Å². The molecule has 0 atom stereocenters. The number of rotatable bonds is 5. The van der Waals surface area contributed by atoms with Gasteiger partial charge in [0.15, 0.2) is 0 Å². The highest BCUT2D eigenvalue weighted by molar-refractivity contribution is 5.78. The van der Waals surface area contributed by atoms with Crippen LogP contribution in [0.1, 0.15) is 24.0 Å². The monoisotopic (exact) mass is 392 g/mol.